The maximum absolute atomic E-state index is 6.81. The molecule has 2 heteroatoms. The third-order valence-corrected chi connectivity index (χ3v) is 10.1. The minimum absolute atomic E-state index is 0.417. The molecule has 1 aliphatic carbocycles. The number of benzene rings is 7. The van der Waals surface area contributed by atoms with Crippen LogP contribution in [-0.4, -0.2) is 0 Å². The second-order valence-electron chi connectivity index (χ2n) is 12.8. The number of fused-ring (bicyclic) bond motifs is 8. The van der Waals surface area contributed by atoms with Crippen molar-refractivity contribution in [3.8, 4) is 33.4 Å². The van der Waals surface area contributed by atoms with E-state index in [4.69, 9.17) is 8.83 Å². The van der Waals surface area contributed by atoms with E-state index >= 15 is 0 Å². The first kappa shape index (κ1) is 26.4. The van der Waals surface area contributed by atoms with E-state index in [1.54, 1.807) is 0 Å². The largest absolute Gasteiger partial charge is 0.456 e. The summed E-state index contributed by atoms with van der Waals surface area (Å²) in [7, 11) is 0. The number of allylic oxidation sites excluding steroid dienone is 1. The van der Waals surface area contributed by atoms with E-state index in [-0.39, 0.29) is 0 Å². The van der Waals surface area contributed by atoms with Crippen molar-refractivity contribution in [3.05, 3.63) is 151 Å². The summed E-state index contributed by atoms with van der Waals surface area (Å²) in [6, 6.07) is 48.1. The van der Waals surface area contributed by atoms with Crippen LogP contribution < -0.4 is 0 Å². The van der Waals surface area contributed by atoms with Gasteiger partial charge in [0, 0.05) is 27.3 Å². The zero-order valence-corrected chi connectivity index (χ0v) is 26.0. The van der Waals surface area contributed by atoms with Crippen LogP contribution in [0.4, 0.5) is 0 Å². The van der Waals surface area contributed by atoms with Crippen molar-refractivity contribution in [2.24, 2.45) is 0 Å². The Morgan fingerprint density at radius 3 is 1.87 bits per heavy atom. The first-order chi connectivity index (χ1) is 23.2. The normalized spacial score (nSPS) is 14.5. The van der Waals surface area contributed by atoms with E-state index in [0.29, 0.717) is 5.92 Å². The highest BCUT2D eigenvalue weighted by molar-refractivity contribution is 6.26. The van der Waals surface area contributed by atoms with Crippen molar-refractivity contribution in [2.45, 2.75) is 19.3 Å². The fourth-order valence-corrected chi connectivity index (χ4v) is 8.03. The Morgan fingerprint density at radius 2 is 1.13 bits per heavy atom. The molecule has 47 heavy (non-hydrogen) atoms. The standard InChI is InChI=1S/C45H30O2/c1-27-12-11-21-40-41(27)37-26-29(22-25-39(37)46-40)30-23-24-36(44-35-19-9-10-20-38(35)47-45(30)44)43-33-17-7-5-15-31(33)42(28-13-3-2-4-14-28)32-16-6-8-18-34(32)43/h2-11,13-27H,12H2,1H3. The van der Waals surface area contributed by atoms with Crippen LogP contribution in [0.3, 0.4) is 0 Å². The summed E-state index contributed by atoms with van der Waals surface area (Å²) in [6.45, 7) is 2.29. The Bertz CT molecular complexity index is 2660. The van der Waals surface area contributed by atoms with Gasteiger partial charge in [0.2, 0.25) is 0 Å². The van der Waals surface area contributed by atoms with E-state index in [1.807, 2.05) is 0 Å². The van der Waals surface area contributed by atoms with Crippen LogP contribution in [0.2, 0.25) is 0 Å². The van der Waals surface area contributed by atoms with Crippen molar-refractivity contribution in [2.75, 3.05) is 0 Å². The van der Waals surface area contributed by atoms with Gasteiger partial charge in [0.15, 0.2) is 0 Å². The second kappa shape index (κ2) is 10.1. The number of hydrogen-bond acceptors (Lipinski definition) is 2. The van der Waals surface area contributed by atoms with E-state index < -0.39 is 0 Å². The van der Waals surface area contributed by atoms with Gasteiger partial charge in [0.25, 0.3) is 0 Å². The monoisotopic (exact) mass is 602 g/mol. The van der Waals surface area contributed by atoms with Crippen molar-refractivity contribution in [1.29, 1.82) is 0 Å². The molecule has 2 nitrogen and oxygen atoms in total. The fraction of sp³-hybridized carbons (Fsp3) is 0.0667. The van der Waals surface area contributed by atoms with Crippen molar-refractivity contribution >= 4 is 60.5 Å². The fourth-order valence-electron chi connectivity index (χ4n) is 8.03. The zero-order chi connectivity index (χ0) is 31.1. The van der Waals surface area contributed by atoms with Crippen LogP contribution in [0.15, 0.2) is 148 Å². The number of furan rings is 2. The van der Waals surface area contributed by atoms with Gasteiger partial charge in [0.05, 0.1) is 0 Å². The summed E-state index contributed by atoms with van der Waals surface area (Å²) in [6.07, 6.45) is 5.37. The molecule has 0 spiro atoms. The molecule has 0 saturated heterocycles. The van der Waals surface area contributed by atoms with Gasteiger partial charge in [-0.1, -0.05) is 122 Å². The quantitative estimate of drug-likeness (QED) is 0.188. The molecule has 1 aliphatic rings. The van der Waals surface area contributed by atoms with Crippen LogP contribution in [-0.2, 0) is 0 Å². The molecule has 222 valence electrons. The lowest BCUT2D eigenvalue weighted by Gasteiger charge is -2.18. The Kier molecular flexibility index (Phi) is 5.65. The first-order valence-electron chi connectivity index (χ1n) is 16.4. The molecule has 0 fully saturated rings. The molecule has 1 unspecified atom stereocenters. The molecular weight excluding hydrogens is 572 g/mol. The highest BCUT2D eigenvalue weighted by Crippen LogP contribution is 2.49. The van der Waals surface area contributed by atoms with Gasteiger partial charge < -0.3 is 8.83 Å². The molecule has 0 N–H and O–H groups in total. The molecule has 0 amide bonds. The highest BCUT2D eigenvalue weighted by atomic mass is 16.3. The van der Waals surface area contributed by atoms with E-state index in [0.717, 1.165) is 50.8 Å². The van der Waals surface area contributed by atoms with Gasteiger partial charge in [-0.15, -0.1) is 0 Å². The third kappa shape index (κ3) is 3.85. The molecule has 1 atom stereocenters. The topological polar surface area (TPSA) is 26.3 Å². The number of rotatable bonds is 3. The summed E-state index contributed by atoms with van der Waals surface area (Å²) in [5.74, 6) is 1.40. The van der Waals surface area contributed by atoms with E-state index in [9.17, 15) is 0 Å². The van der Waals surface area contributed by atoms with Crippen LogP contribution in [0.1, 0.15) is 30.6 Å². The predicted octanol–water partition coefficient (Wildman–Crippen LogP) is 13.2. The molecule has 2 aromatic heterocycles. The van der Waals surface area contributed by atoms with Crippen LogP contribution in [0, 0.1) is 0 Å². The lowest BCUT2D eigenvalue weighted by molar-refractivity contribution is 0.586. The minimum Gasteiger partial charge on any atom is -0.456 e. The molecule has 0 saturated carbocycles. The Labute approximate surface area is 272 Å². The van der Waals surface area contributed by atoms with Gasteiger partial charge in [-0.25, -0.2) is 0 Å². The lowest BCUT2D eigenvalue weighted by Crippen LogP contribution is -1.96. The molecule has 0 aliphatic heterocycles. The Morgan fingerprint density at radius 1 is 0.511 bits per heavy atom. The van der Waals surface area contributed by atoms with Crippen LogP contribution in [0.25, 0.3) is 93.9 Å². The maximum atomic E-state index is 6.81. The zero-order valence-electron chi connectivity index (χ0n) is 26.0. The number of para-hydroxylation sites is 1. The summed E-state index contributed by atoms with van der Waals surface area (Å²) < 4.78 is 13.1. The average molecular weight is 603 g/mol. The molecule has 7 aromatic carbocycles. The number of hydrogen-bond donors (Lipinski definition) is 0. The van der Waals surface area contributed by atoms with E-state index in [2.05, 4.69) is 153 Å². The van der Waals surface area contributed by atoms with Crippen LogP contribution >= 0.6 is 0 Å². The molecule has 10 rings (SSSR count). The minimum atomic E-state index is 0.417. The Hall–Kier alpha value is -5.86. The lowest BCUT2D eigenvalue weighted by atomic mass is 9.84. The van der Waals surface area contributed by atoms with Gasteiger partial charge >= 0.3 is 0 Å². The third-order valence-electron chi connectivity index (χ3n) is 10.1. The van der Waals surface area contributed by atoms with Gasteiger partial charge in [0.1, 0.15) is 22.5 Å². The summed E-state index contributed by atoms with van der Waals surface area (Å²) in [5.41, 5.74) is 11.2. The average Bonchev–Trinajstić information content (AvgIpc) is 3.70. The Balaban J connectivity index is 1.30. The summed E-state index contributed by atoms with van der Waals surface area (Å²) >= 11 is 0. The molecule has 0 bridgehead atoms. The smallest absolute Gasteiger partial charge is 0.143 e. The first-order valence-corrected chi connectivity index (χ1v) is 16.4. The van der Waals surface area contributed by atoms with Gasteiger partial charge in [-0.3, -0.25) is 0 Å². The summed E-state index contributed by atoms with van der Waals surface area (Å²) in [5, 5.41) is 8.42. The molecular formula is C45H30O2. The van der Waals surface area contributed by atoms with Crippen molar-refractivity contribution in [1.82, 2.24) is 0 Å². The van der Waals surface area contributed by atoms with Crippen molar-refractivity contribution < 1.29 is 8.83 Å². The summed E-state index contributed by atoms with van der Waals surface area (Å²) in [4.78, 5) is 0. The SMILES string of the molecule is CC1CC=Cc2oc3ccc(-c4ccc(-c5c6ccccc6c(-c6ccccc6)c6ccccc56)c5c4oc4ccccc45)cc3c21. The molecule has 9 aromatic rings. The molecule has 2 heterocycles. The highest BCUT2D eigenvalue weighted by Gasteiger charge is 2.24. The van der Waals surface area contributed by atoms with E-state index in [1.165, 1.54) is 54.7 Å². The van der Waals surface area contributed by atoms with Gasteiger partial charge in [-0.05, 0) is 92.0 Å². The second-order valence-corrected chi connectivity index (χ2v) is 12.8. The van der Waals surface area contributed by atoms with Gasteiger partial charge in [-0.2, -0.15) is 0 Å². The predicted molar refractivity (Wildman–Crippen MR) is 197 cm³/mol. The maximum Gasteiger partial charge on any atom is 0.143 e. The van der Waals surface area contributed by atoms with Crippen molar-refractivity contribution in [3.63, 3.8) is 0 Å². The molecule has 0 radical (unpaired) electrons. The van der Waals surface area contributed by atoms with Crippen LogP contribution in [0.5, 0.6) is 0 Å².